The minimum Gasteiger partial charge on any atom is -0.294 e. The molecule has 0 aliphatic heterocycles. The molecule has 4 nitrogen and oxygen atoms in total. The van der Waals surface area contributed by atoms with Crippen LogP contribution in [0.2, 0.25) is 5.15 Å². The fourth-order valence-electron chi connectivity index (χ4n) is 1.76. The van der Waals surface area contributed by atoms with E-state index >= 15 is 0 Å². The topological polar surface area (TPSA) is 43.1 Å². The number of rotatable bonds is 1. The van der Waals surface area contributed by atoms with Crippen molar-refractivity contribution in [2.24, 2.45) is 0 Å². The number of fused-ring (bicyclic) bond motifs is 1. The van der Waals surface area contributed by atoms with Gasteiger partial charge < -0.3 is 0 Å². The molecule has 0 saturated heterocycles. The molecule has 0 saturated carbocycles. The van der Waals surface area contributed by atoms with E-state index in [0.29, 0.717) is 11.3 Å². The highest BCUT2D eigenvalue weighted by Gasteiger charge is 2.14. The van der Waals surface area contributed by atoms with E-state index in [9.17, 15) is 8.78 Å². The minimum absolute atomic E-state index is 0.126. The van der Waals surface area contributed by atoms with Crippen molar-refractivity contribution >= 4 is 17.2 Å². The monoisotopic (exact) mass is 310 g/mol. The molecule has 3 aromatic heterocycles. The molecule has 0 unspecified atom stereocenters. The lowest BCUT2D eigenvalue weighted by molar-refractivity contribution is 0.602. The predicted octanol–water partition coefficient (Wildman–Crippen LogP) is 4.06. The average molecular weight is 311 g/mol. The standard InChI is InChI=1S/C12H7ClF2N4.C2H6/c1-6-10(15)11(13)18-12(17-6)8-4-16-9-3-2-7(14)5-19(8)9;1-2/h2-5H,1H3;1-2H3. The van der Waals surface area contributed by atoms with E-state index in [1.54, 1.807) is 0 Å². The summed E-state index contributed by atoms with van der Waals surface area (Å²) in [7, 11) is 0. The second-order valence-electron chi connectivity index (χ2n) is 3.96. The van der Waals surface area contributed by atoms with Crippen LogP contribution in [0.25, 0.3) is 17.2 Å². The highest BCUT2D eigenvalue weighted by Crippen LogP contribution is 2.22. The second kappa shape index (κ2) is 6.13. The molecular formula is C14H13ClF2N4. The molecule has 21 heavy (non-hydrogen) atoms. The highest BCUT2D eigenvalue weighted by atomic mass is 35.5. The Morgan fingerprint density at radius 2 is 1.86 bits per heavy atom. The number of halogens is 3. The van der Waals surface area contributed by atoms with Gasteiger partial charge in [0.15, 0.2) is 16.8 Å². The Hall–Kier alpha value is -2.08. The van der Waals surface area contributed by atoms with Crippen LogP contribution in [0.5, 0.6) is 0 Å². The Kier molecular flexibility index (Phi) is 4.47. The third-order valence-electron chi connectivity index (χ3n) is 2.68. The summed E-state index contributed by atoms with van der Waals surface area (Å²) in [5.74, 6) is -0.885. The highest BCUT2D eigenvalue weighted by molar-refractivity contribution is 6.29. The molecule has 0 N–H and O–H groups in total. The van der Waals surface area contributed by atoms with Crippen molar-refractivity contribution < 1.29 is 8.78 Å². The van der Waals surface area contributed by atoms with Gasteiger partial charge in [-0.05, 0) is 19.1 Å². The van der Waals surface area contributed by atoms with Gasteiger partial charge in [0.1, 0.15) is 17.2 Å². The van der Waals surface area contributed by atoms with Crippen LogP contribution < -0.4 is 0 Å². The Morgan fingerprint density at radius 1 is 1.14 bits per heavy atom. The maximum atomic E-state index is 13.4. The number of hydrogen-bond donors (Lipinski definition) is 0. The largest absolute Gasteiger partial charge is 0.294 e. The fraction of sp³-hybridized carbons (Fsp3) is 0.214. The van der Waals surface area contributed by atoms with Crippen LogP contribution in [0.3, 0.4) is 0 Å². The van der Waals surface area contributed by atoms with Crippen LogP contribution in [0, 0.1) is 18.6 Å². The lowest BCUT2D eigenvalue weighted by Gasteiger charge is -2.04. The van der Waals surface area contributed by atoms with E-state index in [-0.39, 0.29) is 16.7 Å². The number of nitrogens with zero attached hydrogens (tertiary/aromatic N) is 4. The second-order valence-corrected chi connectivity index (χ2v) is 4.31. The maximum Gasteiger partial charge on any atom is 0.181 e. The molecule has 0 radical (unpaired) electrons. The summed E-state index contributed by atoms with van der Waals surface area (Å²) in [5.41, 5.74) is 1.11. The normalized spacial score (nSPS) is 10.4. The van der Waals surface area contributed by atoms with Gasteiger partial charge in [-0.2, -0.15) is 0 Å². The molecule has 3 heterocycles. The molecular weight excluding hydrogens is 298 g/mol. The molecule has 0 amide bonds. The number of aryl methyl sites for hydroxylation is 1. The molecule has 110 valence electrons. The van der Waals surface area contributed by atoms with E-state index in [1.165, 1.54) is 35.9 Å². The average Bonchev–Trinajstić information content (AvgIpc) is 2.89. The fourth-order valence-corrected chi connectivity index (χ4v) is 1.98. The van der Waals surface area contributed by atoms with Gasteiger partial charge >= 0.3 is 0 Å². The van der Waals surface area contributed by atoms with Gasteiger partial charge in [-0.3, -0.25) is 4.40 Å². The Bertz CT molecular complexity index is 763. The Morgan fingerprint density at radius 3 is 2.52 bits per heavy atom. The summed E-state index contributed by atoms with van der Waals surface area (Å²) >= 11 is 5.69. The van der Waals surface area contributed by atoms with Gasteiger partial charge in [0.25, 0.3) is 0 Å². The lowest BCUT2D eigenvalue weighted by atomic mass is 10.3. The molecule has 0 fully saturated rings. The van der Waals surface area contributed by atoms with E-state index < -0.39 is 11.6 Å². The van der Waals surface area contributed by atoms with Gasteiger partial charge in [-0.15, -0.1) is 0 Å². The van der Waals surface area contributed by atoms with Gasteiger partial charge in [0.2, 0.25) is 0 Å². The zero-order valence-corrected chi connectivity index (χ0v) is 12.5. The summed E-state index contributed by atoms with van der Waals surface area (Å²) in [6, 6.07) is 2.83. The Labute approximate surface area is 125 Å². The zero-order chi connectivity index (χ0) is 15.6. The molecule has 0 aliphatic rings. The third kappa shape index (κ3) is 2.85. The molecule has 0 atom stereocenters. The first-order valence-corrected chi connectivity index (χ1v) is 6.76. The SMILES string of the molecule is CC.Cc1nc(-c2cnc3ccc(F)cn23)nc(Cl)c1F. The van der Waals surface area contributed by atoms with Crippen LogP contribution in [0.15, 0.2) is 24.5 Å². The summed E-state index contributed by atoms with van der Waals surface area (Å²) in [6.07, 6.45) is 2.74. The zero-order valence-electron chi connectivity index (χ0n) is 11.7. The van der Waals surface area contributed by atoms with E-state index in [1.807, 2.05) is 13.8 Å². The molecule has 3 aromatic rings. The van der Waals surface area contributed by atoms with E-state index in [0.717, 1.165) is 0 Å². The molecule has 0 aliphatic carbocycles. The van der Waals surface area contributed by atoms with Gasteiger partial charge in [0.05, 0.1) is 11.9 Å². The molecule has 0 spiro atoms. The third-order valence-corrected chi connectivity index (χ3v) is 2.93. The first kappa shape index (κ1) is 15.3. The van der Waals surface area contributed by atoms with Crippen LogP contribution in [-0.2, 0) is 0 Å². The summed E-state index contributed by atoms with van der Waals surface area (Å²) in [5, 5.41) is -0.270. The van der Waals surface area contributed by atoms with Crippen LogP contribution >= 0.6 is 11.6 Å². The van der Waals surface area contributed by atoms with Crippen molar-refractivity contribution in [3.8, 4) is 11.5 Å². The van der Waals surface area contributed by atoms with Crippen LogP contribution in [-0.4, -0.2) is 19.4 Å². The molecule has 0 bridgehead atoms. The maximum absolute atomic E-state index is 13.4. The summed E-state index contributed by atoms with van der Waals surface area (Å²) < 4.78 is 28.1. The quantitative estimate of drug-likeness (QED) is 0.637. The van der Waals surface area contributed by atoms with Gasteiger partial charge in [-0.25, -0.2) is 23.7 Å². The van der Waals surface area contributed by atoms with Crippen LogP contribution in [0.1, 0.15) is 19.5 Å². The van der Waals surface area contributed by atoms with Crippen molar-refractivity contribution in [1.29, 1.82) is 0 Å². The van der Waals surface area contributed by atoms with Gasteiger partial charge in [0, 0.05) is 6.20 Å². The van der Waals surface area contributed by atoms with Crippen molar-refractivity contribution in [3.63, 3.8) is 0 Å². The van der Waals surface area contributed by atoms with E-state index in [2.05, 4.69) is 15.0 Å². The Balaban J connectivity index is 0.000000774. The molecule has 3 rings (SSSR count). The van der Waals surface area contributed by atoms with Crippen molar-refractivity contribution in [1.82, 2.24) is 19.4 Å². The number of aromatic nitrogens is 4. The number of imidazole rings is 1. The van der Waals surface area contributed by atoms with Gasteiger partial charge in [-0.1, -0.05) is 25.4 Å². The summed E-state index contributed by atoms with van der Waals surface area (Å²) in [6.45, 7) is 5.48. The van der Waals surface area contributed by atoms with E-state index in [4.69, 9.17) is 11.6 Å². The molecule has 7 heteroatoms. The summed E-state index contributed by atoms with van der Waals surface area (Å²) in [4.78, 5) is 12.0. The minimum atomic E-state index is -0.662. The van der Waals surface area contributed by atoms with Crippen LogP contribution in [0.4, 0.5) is 8.78 Å². The first-order chi connectivity index (χ1) is 10.1. The van der Waals surface area contributed by atoms with Crippen molar-refractivity contribution in [3.05, 3.63) is 47.0 Å². The number of hydrogen-bond acceptors (Lipinski definition) is 3. The van der Waals surface area contributed by atoms with Crippen molar-refractivity contribution in [2.45, 2.75) is 20.8 Å². The lowest BCUT2D eigenvalue weighted by Crippen LogP contribution is -1.99. The first-order valence-electron chi connectivity index (χ1n) is 6.39. The predicted molar refractivity (Wildman–Crippen MR) is 77.2 cm³/mol. The van der Waals surface area contributed by atoms with Crippen molar-refractivity contribution in [2.75, 3.05) is 0 Å². The smallest absolute Gasteiger partial charge is 0.181 e. The molecule has 0 aromatic carbocycles. The number of pyridine rings is 1.